The number of nitrogens with zero attached hydrogens (tertiary/aromatic N) is 2. The fraction of sp³-hybridized carbons (Fsp3) is 0.579. The highest BCUT2D eigenvalue weighted by atomic mass is 32.2. The number of nitrogens with one attached hydrogen (secondary N) is 1. The lowest BCUT2D eigenvalue weighted by atomic mass is 10.0. The summed E-state index contributed by atoms with van der Waals surface area (Å²) in [6, 6.07) is 6.01. The number of Topliss-reactive ketones (excluding diaryl/α,β-unsaturated/α-hetero) is 1. The topological polar surface area (TPSA) is 86.8 Å². The third-order valence-corrected chi connectivity index (χ3v) is 6.87. The molecule has 1 N–H and O–H groups in total. The summed E-state index contributed by atoms with van der Waals surface area (Å²) in [5, 5.41) is 2.99. The zero-order chi connectivity index (χ0) is 20.2. The normalized spacial score (nSPS) is 16.9. The van der Waals surface area contributed by atoms with Gasteiger partial charge in [-0.15, -0.1) is 0 Å². The molecule has 1 aromatic rings. The van der Waals surface area contributed by atoms with Gasteiger partial charge in [0.2, 0.25) is 15.9 Å². The Morgan fingerprint density at radius 1 is 1.07 bits per heavy atom. The van der Waals surface area contributed by atoms with Crippen molar-refractivity contribution in [3.05, 3.63) is 29.8 Å². The number of hydrogen-bond donors (Lipinski definition) is 1. The first-order chi connectivity index (χ1) is 12.5. The summed E-state index contributed by atoms with van der Waals surface area (Å²) < 4.78 is 27.0. The van der Waals surface area contributed by atoms with Crippen LogP contribution in [0.1, 0.15) is 44.5 Å². The largest absolute Gasteiger partial charge is 0.350 e. The summed E-state index contributed by atoms with van der Waals surface area (Å²) in [6.45, 7) is 9.37. The second kappa shape index (κ2) is 8.50. The number of carbonyl (C=O) groups is 2. The molecule has 0 unspecified atom stereocenters. The number of hydrogen-bond acceptors (Lipinski definition) is 5. The monoisotopic (exact) mass is 395 g/mol. The van der Waals surface area contributed by atoms with Gasteiger partial charge in [0.15, 0.2) is 5.78 Å². The van der Waals surface area contributed by atoms with E-state index in [-0.39, 0.29) is 28.7 Å². The molecule has 0 aromatic heterocycles. The molecular weight excluding hydrogens is 366 g/mol. The van der Waals surface area contributed by atoms with Crippen molar-refractivity contribution < 1.29 is 18.0 Å². The molecular formula is C19H29N3O4S. The predicted molar refractivity (Wildman–Crippen MR) is 104 cm³/mol. The molecule has 1 fully saturated rings. The van der Waals surface area contributed by atoms with Crippen LogP contribution in [0.2, 0.25) is 0 Å². The van der Waals surface area contributed by atoms with Crippen LogP contribution in [-0.4, -0.2) is 67.6 Å². The van der Waals surface area contributed by atoms with Crippen molar-refractivity contribution >= 4 is 21.7 Å². The molecule has 7 nitrogen and oxygen atoms in total. The van der Waals surface area contributed by atoms with E-state index in [0.717, 1.165) is 6.42 Å². The van der Waals surface area contributed by atoms with E-state index >= 15 is 0 Å². The Bertz CT molecular complexity index is 780. The van der Waals surface area contributed by atoms with E-state index in [1.165, 1.54) is 35.5 Å². The Balaban J connectivity index is 1.94. The maximum absolute atomic E-state index is 12.8. The Morgan fingerprint density at radius 3 is 2.11 bits per heavy atom. The first-order valence-corrected chi connectivity index (χ1v) is 10.6. The minimum Gasteiger partial charge on any atom is -0.350 e. The van der Waals surface area contributed by atoms with Crippen LogP contribution in [-0.2, 0) is 14.8 Å². The first kappa shape index (κ1) is 21.5. The third-order valence-electron chi connectivity index (χ3n) is 4.96. The average Bonchev–Trinajstić information content (AvgIpc) is 2.61. The lowest BCUT2D eigenvalue weighted by Gasteiger charge is -2.34. The number of rotatable bonds is 7. The summed E-state index contributed by atoms with van der Waals surface area (Å²) in [5.41, 5.74) is 0.244. The average molecular weight is 396 g/mol. The lowest BCUT2D eigenvalue weighted by Crippen LogP contribution is -2.53. The second-order valence-corrected chi connectivity index (χ2v) is 9.48. The van der Waals surface area contributed by atoms with E-state index < -0.39 is 10.0 Å². The van der Waals surface area contributed by atoms with Crippen LogP contribution in [0.5, 0.6) is 0 Å². The molecule has 1 aromatic carbocycles. The molecule has 0 radical (unpaired) electrons. The fourth-order valence-electron chi connectivity index (χ4n) is 2.85. The van der Waals surface area contributed by atoms with E-state index in [1.54, 1.807) is 0 Å². The van der Waals surface area contributed by atoms with Crippen LogP contribution < -0.4 is 5.32 Å². The molecule has 1 aliphatic rings. The van der Waals surface area contributed by atoms with Crippen molar-refractivity contribution in [2.45, 2.75) is 44.6 Å². The van der Waals surface area contributed by atoms with Crippen molar-refractivity contribution in [3.8, 4) is 0 Å². The molecule has 1 amide bonds. The van der Waals surface area contributed by atoms with Gasteiger partial charge in [0, 0.05) is 37.3 Å². The van der Waals surface area contributed by atoms with Gasteiger partial charge in [-0.2, -0.15) is 4.31 Å². The van der Waals surface area contributed by atoms with Crippen LogP contribution in [0.4, 0.5) is 0 Å². The molecule has 0 atom stereocenters. The summed E-state index contributed by atoms with van der Waals surface area (Å²) in [4.78, 5) is 25.6. The molecule has 0 aliphatic carbocycles. The SMILES string of the molecule is CCC(C)(C)NC(=O)CN1CCN(S(=O)(=O)c2ccc(C(C)=O)cc2)CC1. The molecule has 2 rings (SSSR count). The number of amides is 1. The Kier molecular flexibility index (Phi) is 6.77. The fourth-order valence-corrected chi connectivity index (χ4v) is 4.27. The van der Waals surface area contributed by atoms with Crippen molar-refractivity contribution in [2.75, 3.05) is 32.7 Å². The zero-order valence-electron chi connectivity index (χ0n) is 16.5. The van der Waals surface area contributed by atoms with Gasteiger partial charge < -0.3 is 5.32 Å². The van der Waals surface area contributed by atoms with E-state index in [4.69, 9.17) is 0 Å². The second-order valence-electron chi connectivity index (χ2n) is 7.55. The Labute approximate surface area is 161 Å². The summed E-state index contributed by atoms with van der Waals surface area (Å²) in [5.74, 6) is -0.143. The highest BCUT2D eigenvalue weighted by molar-refractivity contribution is 7.89. The van der Waals surface area contributed by atoms with Gasteiger partial charge in [0.25, 0.3) is 0 Å². The predicted octanol–water partition coefficient (Wildman–Crippen LogP) is 1.50. The lowest BCUT2D eigenvalue weighted by molar-refractivity contribution is -0.124. The van der Waals surface area contributed by atoms with Gasteiger partial charge in [-0.1, -0.05) is 19.1 Å². The number of sulfonamides is 1. The minimum absolute atomic E-state index is 0.0435. The van der Waals surface area contributed by atoms with E-state index in [2.05, 4.69) is 5.32 Å². The first-order valence-electron chi connectivity index (χ1n) is 9.19. The number of piperazine rings is 1. The van der Waals surface area contributed by atoms with Gasteiger partial charge >= 0.3 is 0 Å². The van der Waals surface area contributed by atoms with E-state index in [0.29, 0.717) is 31.7 Å². The number of ketones is 1. The van der Waals surface area contributed by atoms with Gasteiger partial charge in [-0.3, -0.25) is 14.5 Å². The molecule has 1 saturated heterocycles. The van der Waals surface area contributed by atoms with Crippen LogP contribution in [0, 0.1) is 0 Å². The minimum atomic E-state index is -3.59. The highest BCUT2D eigenvalue weighted by Gasteiger charge is 2.29. The molecule has 27 heavy (non-hydrogen) atoms. The quantitative estimate of drug-likeness (QED) is 0.707. The van der Waals surface area contributed by atoms with E-state index in [9.17, 15) is 18.0 Å². The van der Waals surface area contributed by atoms with Crippen LogP contribution in [0.25, 0.3) is 0 Å². The van der Waals surface area contributed by atoms with Crippen molar-refractivity contribution in [3.63, 3.8) is 0 Å². The third kappa shape index (κ3) is 5.60. The van der Waals surface area contributed by atoms with Crippen LogP contribution in [0.15, 0.2) is 29.2 Å². The summed E-state index contributed by atoms with van der Waals surface area (Å²) >= 11 is 0. The van der Waals surface area contributed by atoms with Gasteiger partial charge in [0.1, 0.15) is 0 Å². The van der Waals surface area contributed by atoms with Gasteiger partial charge in [0.05, 0.1) is 11.4 Å². The summed E-state index contributed by atoms with van der Waals surface area (Å²) in [7, 11) is -3.59. The molecule has 0 spiro atoms. The molecule has 0 bridgehead atoms. The van der Waals surface area contributed by atoms with E-state index in [1.807, 2.05) is 25.7 Å². The summed E-state index contributed by atoms with van der Waals surface area (Å²) in [6.07, 6.45) is 0.840. The van der Waals surface area contributed by atoms with Crippen LogP contribution >= 0.6 is 0 Å². The molecule has 1 aliphatic heterocycles. The van der Waals surface area contributed by atoms with Crippen molar-refractivity contribution in [1.82, 2.24) is 14.5 Å². The molecule has 150 valence electrons. The smallest absolute Gasteiger partial charge is 0.243 e. The maximum atomic E-state index is 12.8. The standard InChI is InChI=1S/C19H29N3O4S/c1-5-19(3,4)20-18(24)14-21-10-12-22(13-11-21)27(25,26)17-8-6-16(7-9-17)15(2)23/h6-9H,5,10-14H2,1-4H3,(H,20,24). The Hall–Kier alpha value is -1.77. The van der Waals surface area contributed by atoms with Gasteiger partial charge in [-0.05, 0) is 39.3 Å². The van der Waals surface area contributed by atoms with Crippen molar-refractivity contribution in [1.29, 1.82) is 0 Å². The van der Waals surface area contributed by atoms with Crippen LogP contribution in [0.3, 0.4) is 0 Å². The van der Waals surface area contributed by atoms with Crippen molar-refractivity contribution in [2.24, 2.45) is 0 Å². The zero-order valence-corrected chi connectivity index (χ0v) is 17.3. The molecule has 0 saturated carbocycles. The van der Waals surface area contributed by atoms with Gasteiger partial charge in [-0.25, -0.2) is 8.42 Å². The molecule has 1 heterocycles. The number of carbonyl (C=O) groups excluding carboxylic acids is 2. The number of benzene rings is 1. The maximum Gasteiger partial charge on any atom is 0.243 e. The Morgan fingerprint density at radius 2 is 1.63 bits per heavy atom. The molecule has 8 heteroatoms. The highest BCUT2D eigenvalue weighted by Crippen LogP contribution is 2.18.